The van der Waals surface area contributed by atoms with E-state index in [-0.39, 0.29) is 18.2 Å². The number of hydrogen-bond donors (Lipinski definition) is 3. The number of aliphatic carboxylic acids is 1. The van der Waals surface area contributed by atoms with Crippen LogP contribution < -0.4 is 25.6 Å². The van der Waals surface area contributed by atoms with Gasteiger partial charge in [-0.05, 0) is 79.9 Å². The number of hydrogen-bond acceptors (Lipinski definition) is 10. The predicted molar refractivity (Wildman–Crippen MR) is 183 cm³/mol. The third-order valence-electron chi connectivity index (χ3n) is 8.70. The Morgan fingerprint density at radius 1 is 1.06 bits per heavy atom. The first-order chi connectivity index (χ1) is 25.0. The summed E-state index contributed by atoms with van der Waals surface area (Å²) in [5.74, 6) is -1.27. The lowest BCUT2D eigenvalue weighted by Gasteiger charge is -2.46. The van der Waals surface area contributed by atoms with E-state index in [1.807, 2.05) is 18.2 Å². The number of primary amides is 1. The highest BCUT2D eigenvalue weighted by Crippen LogP contribution is 2.32. The van der Waals surface area contributed by atoms with Gasteiger partial charge in [-0.3, -0.25) is 4.79 Å². The molecule has 2 heterocycles. The summed E-state index contributed by atoms with van der Waals surface area (Å²) in [5.41, 5.74) is 9.13. The number of likely N-dealkylation sites (N-methyl/N-ethyl adjacent to an activating group) is 1. The second kappa shape index (κ2) is 17.1. The number of methoxy groups -OCH3 is 2. The molecular weight excluding hydrogens is 701 g/mol. The van der Waals surface area contributed by atoms with Gasteiger partial charge >= 0.3 is 12.2 Å². The molecule has 1 aliphatic rings. The molecule has 0 radical (unpaired) electrons. The highest BCUT2D eigenvalue weighted by Gasteiger charge is 2.41. The summed E-state index contributed by atoms with van der Waals surface area (Å²) in [4.78, 5) is 41.9. The molecule has 0 bridgehead atoms. The SMILES string of the molecule is COc1ccc(C[N+]2(C)CCC[C@@H](N(C(=O)Nc3ccc(-c4nc(C)no4)cc3)[C@@H](Cc3ccc(O)cc3)C(N)=O)C2)cc1OC.O=C([O-])C(F)(F)F. The Hall–Kier alpha value is -5.84. The van der Waals surface area contributed by atoms with Crippen LogP contribution in [0.4, 0.5) is 23.7 Å². The molecule has 4 N–H and O–H groups in total. The van der Waals surface area contributed by atoms with E-state index in [2.05, 4.69) is 22.5 Å². The van der Waals surface area contributed by atoms with Crippen LogP contribution in [0.5, 0.6) is 17.2 Å². The summed E-state index contributed by atoms with van der Waals surface area (Å²) in [5, 5.41) is 25.4. The van der Waals surface area contributed by atoms with Crippen LogP contribution in [0.1, 0.15) is 29.8 Å². The molecule has 14 nitrogen and oxygen atoms in total. The normalized spacial score (nSPS) is 17.5. The van der Waals surface area contributed by atoms with Crippen molar-refractivity contribution < 1.29 is 56.2 Å². The van der Waals surface area contributed by atoms with E-state index >= 15 is 0 Å². The summed E-state index contributed by atoms with van der Waals surface area (Å²) >= 11 is 0. The van der Waals surface area contributed by atoms with Crippen molar-refractivity contribution in [2.45, 2.75) is 51.0 Å². The topological polar surface area (TPSA) is 193 Å². The first kappa shape index (κ1) is 39.9. The Kier molecular flexibility index (Phi) is 12.9. The maximum absolute atomic E-state index is 14.2. The molecule has 17 heteroatoms. The summed E-state index contributed by atoms with van der Waals surface area (Å²) in [6, 6.07) is 17.9. The molecule has 1 unspecified atom stereocenters. The lowest BCUT2D eigenvalue weighted by atomic mass is 9.96. The zero-order valence-corrected chi connectivity index (χ0v) is 29.6. The highest BCUT2D eigenvalue weighted by molar-refractivity contribution is 5.94. The fraction of sp³-hybridized carbons (Fsp3) is 0.361. The molecule has 3 amide bonds. The number of urea groups is 1. The Morgan fingerprint density at radius 2 is 1.68 bits per heavy atom. The van der Waals surface area contributed by atoms with Gasteiger partial charge in [0.05, 0.1) is 40.4 Å². The Labute approximate surface area is 303 Å². The van der Waals surface area contributed by atoms with Gasteiger partial charge in [-0.1, -0.05) is 17.3 Å². The number of carboxylic acid groups (broad SMARTS) is 1. The second-order valence-electron chi connectivity index (χ2n) is 12.8. The van der Waals surface area contributed by atoms with E-state index in [9.17, 15) is 27.9 Å². The molecule has 1 aliphatic heterocycles. The minimum Gasteiger partial charge on any atom is -0.542 e. The van der Waals surface area contributed by atoms with Gasteiger partial charge in [0.1, 0.15) is 24.3 Å². The number of likely N-dealkylation sites (tertiary alicyclic amines) is 1. The van der Waals surface area contributed by atoms with Crippen LogP contribution in [0.2, 0.25) is 0 Å². The Morgan fingerprint density at radius 3 is 2.23 bits per heavy atom. The molecule has 284 valence electrons. The van der Waals surface area contributed by atoms with E-state index in [0.29, 0.717) is 58.5 Å². The number of phenols is 1. The third-order valence-corrected chi connectivity index (χ3v) is 8.70. The summed E-state index contributed by atoms with van der Waals surface area (Å²) in [7, 11) is 5.38. The van der Waals surface area contributed by atoms with Crippen LogP contribution in [0.25, 0.3) is 11.5 Å². The first-order valence-corrected chi connectivity index (χ1v) is 16.4. The number of carbonyl (C=O) groups is 3. The zero-order chi connectivity index (χ0) is 38.9. The number of halogens is 3. The monoisotopic (exact) mass is 742 g/mol. The molecule has 0 aliphatic carbocycles. The number of ether oxygens (including phenoxy) is 2. The van der Waals surface area contributed by atoms with Crippen LogP contribution in [-0.2, 0) is 22.6 Å². The minimum atomic E-state index is -5.19. The molecular formula is C36H41F3N6O8. The number of quaternary nitrogens is 1. The lowest BCUT2D eigenvalue weighted by molar-refractivity contribution is -0.928. The van der Waals surface area contributed by atoms with Crippen molar-refractivity contribution in [2.75, 3.05) is 39.7 Å². The zero-order valence-electron chi connectivity index (χ0n) is 29.6. The minimum absolute atomic E-state index is 0.114. The molecule has 53 heavy (non-hydrogen) atoms. The molecule has 4 aromatic rings. The number of aryl methyl sites for hydroxylation is 1. The molecule has 1 saturated heterocycles. The van der Waals surface area contributed by atoms with Gasteiger partial charge in [0.2, 0.25) is 5.91 Å². The number of phenolic OH excluding ortho intramolecular Hbond substituents is 1. The molecule has 5 rings (SSSR count). The van der Waals surface area contributed by atoms with Gasteiger partial charge in [0.25, 0.3) is 5.89 Å². The number of benzene rings is 3. The van der Waals surface area contributed by atoms with Crippen molar-refractivity contribution in [3.05, 3.63) is 83.7 Å². The van der Waals surface area contributed by atoms with Crippen LogP contribution in [0.3, 0.4) is 0 Å². The first-order valence-electron chi connectivity index (χ1n) is 16.4. The number of nitrogens with zero attached hydrogens (tertiary/aromatic N) is 4. The molecule has 3 aromatic carbocycles. The van der Waals surface area contributed by atoms with E-state index in [1.54, 1.807) is 74.6 Å². The summed E-state index contributed by atoms with van der Waals surface area (Å²) in [6.45, 7) is 3.95. The Bertz CT molecular complexity index is 1870. The van der Waals surface area contributed by atoms with E-state index in [1.165, 1.54) is 0 Å². The van der Waals surface area contributed by atoms with Crippen molar-refractivity contribution in [1.82, 2.24) is 15.0 Å². The fourth-order valence-electron chi connectivity index (χ4n) is 6.24. The number of aromatic hydroxyl groups is 1. The number of anilines is 1. The highest BCUT2D eigenvalue weighted by atomic mass is 19.4. The van der Waals surface area contributed by atoms with Gasteiger partial charge in [0, 0.05) is 23.2 Å². The third kappa shape index (κ3) is 10.8. The van der Waals surface area contributed by atoms with Crippen molar-refractivity contribution in [3.8, 4) is 28.7 Å². The number of nitrogens with one attached hydrogen (secondary N) is 1. The van der Waals surface area contributed by atoms with Crippen LogP contribution in [-0.4, -0.2) is 95.2 Å². The van der Waals surface area contributed by atoms with Crippen LogP contribution >= 0.6 is 0 Å². The number of amides is 3. The van der Waals surface area contributed by atoms with Crippen molar-refractivity contribution in [1.29, 1.82) is 0 Å². The van der Waals surface area contributed by atoms with Crippen molar-refractivity contribution >= 4 is 23.6 Å². The van der Waals surface area contributed by atoms with Crippen molar-refractivity contribution in [3.63, 3.8) is 0 Å². The van der Waals surface area contributed by atoms with Gasteiger partial charge in [-0.2, -0.15) is 18.2 Å². The number of alkyl halides is 3. The largest absolute Gasteiger partial charge is 0.542 e. The van der Waals surface area contributed by atoms with Crippen LogP contribution in [0.15, 0.2) is 71.3 Å². The van der Waals surface area contributed by atoms with Gasteiger partial charge in [0.15, 0.2) is 17.3 Å². The second-order valence-corrected chi connectivity index (χ2v) is 12.8. The average Bonchev–Trinajstić information content (AvgIpc) is 3.54. The number of rotatable bonds is 11. The summed E-state index contributed by atoms with van der Waals surface area (Å²) < 4.78 is 48.4. The maximum Gasteiger partial charge on any atom is 0.430 e. The maximum atomic E-state index is 14.2. The number of aromatic nitrogens is 2. The molecule has 1 fully saturated rings. The van der Waals surface area contributed by atoms with Gasteiger partial charge in [-0.15, -0.1) is 0 Å². The lowest BCUT2D eigenvalue weighted by Crippen LogP contribution is -2.62. The molecule has 0 spiro atoms. The summed E-state index contributed by atoms with van der Waals surface area (Å²) in [6.07, 6.45) is -3.43. The number of nitrogens with two attached hydrogens (primary N) is 1. The van der Waals surface area contributed by atoms with Crippen molar-refractivity contribution in [2.24, 2.45) is 5.73 Å². The fourth-order valence-corrected chi connectivity index (χ4v) is 6.24. The van der Waals surface area contributed by atoms with Crippen LogP contribution in [0, 0.1) is 6.92 Å². The molecule has 1 aromatic heterocycles. The number of piperidine rings is 1. The number of carboxylic acids is 1. The molecule has 0 saturated carbocycles. The van der Waals surface area contributed by atoms with Gasteiger partial charge in [-0.25, -0.2) is 4.79 Å². The smallest absolute Gasteiger partial charge is 0.430 e. The number of carbonyl (C=O) groups excluding carboxylic acids is 3. The standard InChI is InChI=1S/C34H40N6O6.C2HF3O2/c1-22-36-33(46-38-22)25-10-12-26(13-11-25)37-34(43)39(29(32(35)42)18-23-7-14-28(41)15-8-23)27-6-5-17-40(2,21-27)20-24-9-16-30(44-3)31(19-24)45-4;3-2(4,5)1(6)7/h7-16,19,27,29H,5-6,17-18,20-21H2,1-4H3,(H3-,35,36,37,38,41,42,43);(H,6,7)/t27-,29+,40?;/m1./s1. The Balaban J connectivity index is 0.000000815. The van der Waals surface area contributed by atoms with E-state index in [0.717, 1.165) is 24.1 Å². The van der Waals surface area contributed by atoms with E-state index in [4.69, 9.17) is 29.6 Å². The average molecular weight is 743 g/mol. The quantitative estimate of drug-likeness (QED) is 0.190. The van der Waals surface area contributed by atoms with Gasteiger partial charge < -0.3 is 49.4 Å². The van der Waals surface area contributed by atoms with E-state index < -0.39 is 30.1 Å². The predicted octanol–water partition coefficient (Wildman–Crippen LogP) is 3.81. The molecule has 3 atom stereocenters.